The molecule has 36 heavy (non-hydrogen) atoms. The summed E-state index contributed by atoms with van der Waals surface area (Å²) < 4.78 is 10.3. The van der Waals surface area contributed by atoms with Crippen molar-refractivity contribution in [2.75, 3.05) is 19.0 Å². The zero-order valence-electron chi connectivity index (χ0n) is 20.1. The van der Waals surface area contributed by atoms with Gasteiger partial charge in [-0.05, 0) is 35.7 Å². The molecule has 2 aromatic heterocycles. The molecule has 0 bridgehead atoms. The second-order valence-electron chi connectivity index (χ2n) is 8.25. The highest BCUT2D eigenvalue weighted by atomic mass is 16.5. The van der Waals surface area contributed by atoms with Gasteiger partial charge >= 0.3 is 5.97 Å². The molecule has 0 unspecified atom stereocenters. The Balaban J connectivity index is 1.76. The first-order chi connectivity index (χ1) is 17.4. The van der Waals surface area contributed by atoms with Gasteiger partial charge in [0, 0.05) is 17.1 Å². The largest absolute Gasteiger partial charge is 0.481 e. The van der Waals surface area contributed by atoms with E-state index in [1.54, 1.807) is 12.1 Å². The summed E-state index contributed by atoms with van der Waals surface area (Å²) in [6.45, 7) is 4.37. The zero-order chi connectivity index (χ0) is 25.7. The Morgan fingerprint density at radius 3 is 2.53 bits per heavy atom. The van der Waals surface area contributed by atoms with Crippen molar-refractivity contribution < 1.29 is 19.1 Å². The topological polar surface area (TPSA) is 103 Å². The minimum absolute atomic E-state index is 0.0359. The molecule has 0 saturated carbocycles. The summed E-state index contributed by atoms with van der Waals surface area (Å²) >= 11 is 0. The first-order valence-corrected chi connectivity index (χ1v) is 11.2. The van der Waals surface area contributed by atoms with Crippen molar-refractivity contribution in [3.05, 3.63) is 77.9 Å². The number of anilines is 1. The summed E-state index contributed by atoms with van der Waals surface area (Å²) in [7, 11) is 1.27. The molecular weight excluding hydrogens is 456 g/mol. The number of pyridine rings is 1. The van der Waals surface area contributed by atoms with Crippen molar-refractivity contribution in [1.29, 1.82) is 0 Å². The van der Waals surface area contributed by atoms with Gasteiger partial charge in [-0.25, -0.2) is 14.8 Å². The average Bonchev–Trinajstić information content (AvgIpc) is 2.90. The van der Waals surface area contributed by atoms with Gasteiger partial charge in [0.2, 0.25) is 5.82 Å². The number of rotatable bonds is 7. The van der Waals surface area contributed by atoms with Crippen LogP contribution in [0.5, 0.6) is 5.75 Å². The smallest absolute Gasteiger partial charge is 0.339 e. The van der Waals surface area contributed by atoms with E-state index < -0.39 is 11.9 Å². The molecule has 8 heteroatoms. The third-order valence-electron chi connectivity index (χ3n) is 5.46. The lowest BCUT2D eigenvalue weighted by atomic mass is 9.99. The Hall–Kier alpha value is -4.77. The molecule has 1 amide bonds. The third kappa shape index (κ3) is 5.31. The lowest BCUT2D eigenvalue weighted by Crippen LogP contribution is -2.17. The van der Waals surface area contributed by atoms with Gasteiger partial charge in [0.25, 0.3) is 5.91 Å². The van der Waals surface area contributed by atoms with Crippen LogP contribution in [0.1, 0.15) is 46.3 Å². The van der Waals surface area contributed by atoms with Gasteiger partial charge in [0.1, 0.15) is 12.4 Å². The number of carbonyl (C=O) groups excluding carboxylic acids is 2. The number of fused-ring (bicyclic) bond motifs is 1. The zero-order valence-corrected chi connectivity index (χ0v) is 20.1. The minimum atomic E-state index is -0.560. The molecule has 0 aliphatic heterocycles. The fourth-order valence-corrected chi connectivity index (χ4v) is 3.59. The van der Waals surface area contributed by atoms with E-state index in [1.165, 1.54) is 31.1 Å². The molecule has 0 atom stereocenters. The van der Waals surface area contributed by atoms with Gasteiger partial charge in [-0.15, -0.1) is 6.42 Å². The number of esters is 1. The maximum absolute atomic E-state index is 13.1. The maximum Gasteiger partial charge on any atom is 0.339 e. The normalized spacial score (nSPS) is 10.6. The summed E-state index contributed by atoms with van der Waals surface area (Å²) in [5, 5.41) is 3.42. The molecule has 0 radical (unpaired) electrons. The van der Waals surface area contributed by atoms with Crippen molar-refractivity contribution in [2.24, 2.45) is 0 Å². The van der Waals surface area contributed by atoms with Crippen molar-refractivity contribution in [2.45, 2.75) is 19.8 Å². The molecule has 2 heterocycles. The van der Waals surface area contributed by atoms with E-state index in [9.17, 15) is 9.59 Å². The van der Waals surface area contributed by atoms with Crippen LogP contribution in [0, 0.1) is 12.3 Å². The molecule has 2 aromatic carbocycles. The summed E-state index contributed by atoms with van der Waals surface area (Å²) in [4.78, 5) is 38.0. The fraction of sp³-hybridized carbons (Fsp3) is 0.179. The molecule has 180 valence electrons. The van der Waals surface area contributed by atoms with E-state index in [0.29, 0.717) is 34.0 Å². The third-order valence-corrected chi connectivity index (χ3v) is 5.46. The highest BCUT2D eigenvalue weighted by molar-refractivity contribution is 6.05. The first kappa shape index (κ1) is 24.4. The van der Waals surface area contributed by atoms with E-state index >= 15 is 0 Å². The van der Waals surface area contributed by atoms with Crippen LogP contribution in [0.25, 0.3) is 22.2 Å². The van der Waals surface area contributed by atoms with Gasteiger partial charge < -0.3 is 14.8 Å². The molecular formula is C28H24N4O4. The van der Waals surface area contributed by atoms with Crippen molar-refractivity contribution in [1.82, 2.24) is 15.0 Å². The van der Waals surface area contributed by atoms with Crippen LogP contribution in [0.15, 0.2) is 60.9 Å². The SMILES string of the molecule is C#CCOc1ccc2nc(C(=O)Nc3cncc(C(=O)OC)c3)nc(-c3ccc(C(C)C)cc3)c2c1. The molecule has 0 aliphatic rings. The number of nitrogens with zero attached hydrogens (tertiary/aromatic N) is 3. The number of carbonyl (C=O) groups is 2. The van der Waals surface area contributed by atoms with Gasteiger partial charge in [0.05, 0.1) is 35.8 Å². The van der Waals surface area contributed by atoms with E-state index in [4.69, 9.17) is 15.9 Å². The van der Waals surface area contributed by atoms with Crippen LogP contribution in [0.4, 0.5) is 5.69 Å². The van der Waals surface area contributed by atoms with Gasteiger partial charge in [0.15, 0.2) is 0 Å². The number of terminal acetylenes is 1. The quantitative estimate of drug-likeness (QED) is 0.297. The number of hydrogen-bond donors (Lipinski definition) is 1. The average molecular weight is 481 g/mol. The number of ether oxygens (including phenoxy) is 2. The molecule has 0 spiro atoms. The Labute approximate surface area is 208 Å². The van der Waals surface area contributed by atoms with E-state index in [0.717, 1.165) is 5.56 Å². The number of aromatic nitrogens is 3. The molecule has 4 aromatic rings. The molecule has 8 nitrogen and oxygen atoms in total. The fourth-order valence-electron chi connectivity index (χ4n) is 3.59. The van der Waals surface area contributed by atoms with Crippen LogP contribution in [0.2, 0.25) is 0 Å². The number of amides is 1. The van der Waals surface area contributed by atoms with Gasteiger partial charge in [-0.2, -0.15) is 0 Å². The monoisotopic (exact) mass is 480 g/mol. The summed E-state index contributed by atoms with van der Waals surface area (Å²) in [6, 6.07) is 14.8. The van der Waals surface area contributed by atoms with E-state index in [1.807, 2.05) is 30.3 Å². The van der Waals surface area contributed by atoms with Crippen molar-refractivity contribution in [3.63, 3.8) is 0 Å². The van der Waals surface area contributed by atoms with E-state index in [2.05, 4.69) is 40.0 Å². The summed E-state index contributed by atoms with van der Waals surface area (Å²) in [5.74, 6) is 2.26. The Morgan fingerprint density at radius 1 is 1.06 bits per heavy atom. The van der Waals surface area contributed by atoms with Crippen LogP contribution >= 0.6 is 0 Å². The molecule has 0 aliphatic carbocycles. The Kier molecular flexibility index (Phi) is 7.21. The molecule has 4 rings (SSSR count). The molecule has 1 N–H and O–H groups in total. The Bertz CT molecular complexity index is 1470. The highest BCUT2D eigenvalue weighted by Crippen LogP contribution is 2.30. The lowest BCUT2D eigenvalue weighted by molar-refractivity contribution is 0.0600. The minimum Gasteiger partial charge on any atom is -0.481 e. The summed E-state index contributed by atoms with van der Waals surface area (Å²) in [5.41, 5.74) is 3.67. The molecule has 0 fully saturated rings. The number of methoxy groups -OCH3 is 1. The van der Waals surface area contributed by atoms with Crippen molar-refractivity contribution >= 4 is 28.5 Å². The lowest BCUT2D eigenvalue weighted by Gasteiger charge is -2.12. The predicted octanol–water partition coefficient (Wildman–Crippen LogP) is 4.87. The van der Waals surface area contributed by atoms with Crippen molar-refractivity contribution in [3.8, 4) is 29.4 Å². The van der Waals surface area contributed by atoms with Crippen LogP contribution in [0.3, 0.4) is 0 Å². The highest BCUT2D eigenvalue weighted by Gasteiger charge is 2.17. The Morgan fingerprint density at radius 2 is 1.83 bits per heavy atom. The summed E-state index contributed by atoms with van der Waals surface area (Å²) in [6.07, 6.45) is 8.10. The maximum atomic E-state index is 13.1. The second kappa shape index (κ2) is 10.7. The molecule has 0 saturated heterocycles. The van der Waals surface area contributed by atoms with Crippen LogP contribution in [-0.2, 0) is 4.74 Å². The number of nitrogens with one attached hydrogen (secondary N) is 1. The van der Waals surface area contributed by atoms with E-state index in [-0.39, 0.29) is 18.0 Å². The predicted molar refractivity (Wildman–Crippen MR) is 137 cm³/mol. The standard InChI is InChI=1S/C28H24N4O4/c1-5-12-36-22-10-11-24-23(14-22)25(19-8-6-18(7-9-19)17(2)3)32-26(31-24)27(33)30-21-13-20(15-29-16-21)28(34)35-4/h1,6-11,13-17H,12H2,2-4H3,(H,30,33). The second-order valence-corrected chi connectivity index (χ2v) is 8.25. The number of benzene rings is 2. The van der Waals surface area contributed by atoms with Gasteiger partial charge in [-0.3, -0.25) is 9.78 Å². The number of hydrogen-bond acceptors (Lipinski definition) is 7. The van der Waals surface area contributed by atoms with Crippen LogP contribution in [-0.4, -0.2) is 40.5 Å². The van der Waals surface area contributed by atoms with Crippen LogP contribution < -0.4 is 10.1 Å². The first-order valence-electron chi connectivity index (χ1n) is 11.2. The van der Waals surface area contributed by atoms with Gasteiger partial charge in [-0.1, -0.05) is 44.0 Å².